The summed E-state index contributed by atoms with van der Waals surface area (Å²) >= 11 is 2.56. The van der Waals surface area contributed by atoms with Crippen LogP contribution in [0.4, 0.5) is 8.78 Å². The number of hydrogen-bond acceptors (Lipinski definition) is 4. The molecule has 0 aliphatic heterocycles. The Hall–Kier alpha value is -1.01. The van der Waals surface area contributed by atoms with Gasteiger partial charge in [-0.3, -0.25) is 0 Å². The molecule has 0 aliphatic carbocycles. The molecule has 0 spiro atoms. The van der Waals surface area contributed by atoms with E-state index in [-0.39, 0.29) is 5.92 Å². The normalized spacial score (nSPS) is 11.1. The van der Waals surface area contributed by atoms with Crippen molar-refractivity contribution in [1.29, 1.82) is 0 Å². The van der Waals surface area contributed by atoms with Crippen molar-refractivity contribution in [2.24, 2.45) is 0 Å². The summed E-state index contributed by atoms with van der Waals surface area (Å²) in [6.45, 7) is 4.02. The number of aromatic nitrogens is 2. The smallest absolute Gasteiger partial charge is 0.174 e. The van der Waals surface area contributed by atoms with E-state index >= 15 is 0 Å². The van der Waals surface area contributed by atoms with E-state index in [1.165, 1.54) is 29.4 Å². The van der Waals surface area contributed by atoms with Crippen molar-refractivity contribution in [3.8, 4) is 0 Å². The molecule has 2 aromatic rings. The lowest BCUT2D eigenvalue weighted by Crippen LogP contribution is -1.89. The fourth-order valence-electron chi connectivity index (χ4n) is 1.14. The summed E-state index contributed by atoms with van der Waals surface area (Å²) < 4.78 is 30.7. The monoisotopic (exact) mass is 272 g/mol. The van der Waals surface area contributed by atoms with E-state index in [9.17, 15) is 8.78 Å². The van der Waals surface area contributed by atoms with Gasteiger partial charge in [0, 0.05) is 10.8 Å². The van der Waals surface area contributed by atoms with E-state index in [1.807, 2.05) is 13.8 Å². The maximum atomic E-state index is 13.0. The molecule has 90 valence electrons. The largest absolute Gasteiger partial charge is 0.212 e. The first-order valence-corrected chi connectivity index (χ1v) is 6.62. The zero-order chi connectivity index (χ0) is 12.4. The average molecular weight is 272 g/mol. The summed E-state index contributed by atoms with van der Waals surface area (Å²) in [5, 5.41) is 0. The highest BCUT2D eigenvalue weighted by Gasteiger charge is 2.10. The van der Waals surface area contributed by atoms with Gasteiger partial charge in [0.15, 0.2) is 16.0 Å². The number of benzene rings is 1. The van der Waals surface area contributed by atoms with Crippen molar-refractivity contribution in [2.75, 3.05) is 0 Å². The standard InChI is InChI=1S/C11H10F2N2S2/c1-6(2)10-14-11(17-15-10)16-7-3-4-8(12)9(13)5-7/h3-6H,1-2H3. The summed E-state index contributed by atoms with van der Waals surface area (Å²) in [5.41, 5.74) is 0. The molecule has 0 saturated carbocycles. The van der Waals surface area contributed by atoms with Crippen LogP contribution in [0, 0.1) is 11.6 Å². The Morgan fingerprint density at radius 3 is 2.59 bits per heavy atom. The van der Waals surface area contributed by atoms with Gasteiger partial charge in [-0.1, -0.05) is 25.6 Å². The topological polar surface area (TPSA) is 25.8 Å². The van der Waals surface area contributed by atoms with Gasteiger partial charge in [-0.05, 0) is 29.7 Å². The van der Waals surface area contributed by atoms with Gasteiger partial charge in [-0.15, -0.1) is 0 Å². The van der Waals surface area contributed by atoms with Crippen LogP contribution in [0.5, 0.6) is 0 Å². The van der Waals surface area contributed by atoms with Gasteiger partial charge < -0.3 is 0 Å². The van der Waals surface area contributed by atoms with Crippen LogP contribution in [0.25, 0.3) is 0 Å². The number of rotatable bonds is 3. The minimum Gasteiger partial charge on any atom is -0.212 e. The van der Waals surface area contributed by atoms with E-state index in [0.717, 1.165) is 22.3 Å². The number of halogens is 2. The molecular weight excluding hydrogens is 262 g/mol. The summed E-state index contributed by atoms with van der Waals surface area (Å²) in [6.07, 6.45) is 0. The van der Waals surface area contributed by atoms with Gasteiger partial charge in [-0.25, -0.2) is 13.8 Å². The number of nitrogens with zero attached hydrogens (tertiary/aromatic N) is 2. The van der Waals surface area contributed by atoms with E-state index in [1.54, 1.807) is 0 Å². The van der Waals surface area contributed by atoms with E-state index in [2.05, 4.69) is 9.36 Å². The van der Waals surface area contributed by atoms with Crippen LogP contribution < -0.4 is 0 Å². The van der Waals surface area contributed by atoms with Crippen molar-refractivity contribution in [2.45, 2.75) is 29.0 Å². The second-order valence-electron chi connectivity index (χ2n) is 3.75. The van der Waals surface area contributed by atoms with E-state index in [0.29, 0.717) is 4.90 Å². The lowest BCUT2D eigenvalue weighted by atomic mass is 10.2. The Labute approximate surface area is 106 Å². The molecule has 0 N–H and O–H groups in total. The zero-order valence-electron chi connectivity index (χ0n) is 9.28. The van der Waals surface area contributed by atoms with Crippen molar-refractivity contribution >= 4 is 23.3 Å². The number of hydrogen-bond donors (Lipinski definition) is 0. The fraction of sp³-hybridized carbons (Fsp3) is 0.273. The molecule has 1 heterocycles. The zero-order valence-corrected chi connectivity index (χ0v) is 10.9. The van der Waals surface area contributed by atoms with Crippen LogP contribution in [0.3, 0.4) is 0 Å². The molecule has 0 atom stereocenters. The minimum absolute atomic E-state index is 0.269. The van der Waals surface area contributed by atoms with Crippen molar-refractivity contribution < 1.29 is 8.78 Å². The van der Waals surface area contributed by atoms with Gasteiger partial charge in [0.2, 0.25) is 0 Å². The lowest BCUT2D eigenvalue weighted by Gasteiger charge is -1.98. The van der Waals surface area contributed by atoms with Gasteiger partial charge in [0.05, 0.1) is 0 Å². The van der Waals surface area contributed by atoms with Crippen LogP contribution in [0.1, 0.15) is 25.6 Å². The molecule has 17 heavy (non-hydrogen) atoms. The Morgan fingerprint density at radius 1 is 1.24 bits per heavy atom. The second-order valence-corrected chi connectivity index (χ2v) is 5.82. The molecule has 6 heteroatoms. The summed E-state index contributed by atoms with van der Waals surface area (Å²) in [6, 6.07) is 3.80. The minimum atomic E-state index is -0.844. The molecule has 1 aromatic carbocycles. The molecule has 2 rings (SSSR count). The summed E-state index contributed by atoms with van der Waals surface area (Å²) in [4.78, 5) is 4.93. The third kappa shape index (κ3) is 3.01. The fourth-order valence-corrected chi connectivity index (χ4v) is 2.88. The first kappa shape index (κ1) is 12.4. The first-order valence-electron chi connectivity index (χ1n) is 5.03. The van der Waals surface area contributed by atoms with Gasteiger partial charge >= 0.3 is 0 Å². The second kappa shape index (κ2) is 5.10. The van der Waals surface area contributed by atoms with Crippen LogP contribution in [0.15, 0.2) is 27.4 Å². The Bertz CT molecular complexity index is 526. The Kier molecular flexibility index (Phi) is 3.73. The maximum absolute atomic E-state index is 13.0. The highest BCUT2D eigenvalue weighted by Crippen LogP contribution is 2.30. The van der Waals surface area contributed by atoms with Crippen LogP contribution >= 0.6 is 23.3 Å². The van der Waals surface area contributed by atoms with Gasteiger partial charge in [0.25, 0.3) is 0 Å². The van der Waals surface area contributed by atoms with Crippen molar-refractivity contribution in [3.63, 3.8) is 0 Å². The van der Waals surface area contributed by atoms with Gasteiger partial charge in [0.1, 0.15) is 5.82 Å². The SMILES string of the molecule is CC(C)c1nsc(Sc2ccc(F)c(F)c2)n1. The quantitative estimate of drug-likeness (QED) is 0.841. The molecule has 0 saturated heterocycles. The summed E-state index contributed by atoms with van der Waals surface area (Å²) in [5.74, 6) is -0.635. The first-order chi connectivity index (χ1) is 8.06. The maximum Gasteiger partial charge on any atom is 0.174 e. The molecule has 2 nitrogen and oxygen atoms in total. The third-order valence-electron chi connectivity index (χ3n) is 2.04. The molecule has 0 amide bonds. The van der Waals surface area contributed by atoms with Crippen LogP contribution in [-0.2, 0) is 0 Å². The molecular formula is C11H10F2N2S2. The third-order valence-corrected chi connectivity index (χ3v) is 3.79. The predicted octanol–water partition coefficient (Wildman–Crippen LogP) is 4.09. The molecule has 0 fully saturated rings. The molecule has 0 unspecified atom stereocenters. The van der Waals surface area contributed by atoms with Crippen LogP contribution in [-0.4, -0.2) is 9.36 Å². The Balaban J connectivity index is 2.16. The summed E-state index contributed by atoms with van der Waals surface area (Å²) in [7, 11) is 0. The van der Waals surface area contributed by atoms with E-state index < -0.39 is 11.6 Å². The molecule has 0 aliphatic rings. The molecule has 0 radical (unpaired) electrons. The highest BCUT2D eigenvalue weighted by molar-refractivity contribution is 8.01. The average Bonchev–Trinajstić information content (AvgIpc) is 2.72. The molecule has 0 bridgehead atoms. The van der Waals surface area contributed by atoms with Crippen LogP contribution in [0.2, 0.25) is 0 Å². The van der Waals surface area contributed by atoms with Crippen molar-refractivity contribution in [3.05, 3.63) is 35.7 Å². The Morgan fingerprint density at radius 2 is 2.00 bits per heavy atom. The highest BCUT2D eigenvalue weighted by atomic mass is 32.2. The van der Waals surface area contributed by atoms with Gasteiger partial charge in [-0.2, -0.15) is 4.37 Å². The van der Waals surface area contributed by atoms with Crippen molar-refractivity contribution in [1.82, 2.24) is 9.36 Å². The predicted molar refractivity (Wildman–Crippen MR) is 64.5 cm³/mol. The lowest BCUT2D eigenvalue weighted by molar-refractivity contribution is 0.506. The van der Waals surface area contributed by atoms with E-state index in [4.69, 9.17) is 0 Å². The molecule has 1 aromatic heterocycles.